The molecule has 1 aromatic carbocycles. The number of nitrogens with zero attached hydrogens (tertiary/aromatic N) is 3. The predicted molar refractivity (Wildman–Crippen MR) is 183 cm³/mol. The van der Waals surface area contributed by atoms with E-state index in [2.05, 4.69) is 0 Å². The van der Waals surface area contributed by atoms with E-state index in [1.807, 2.05) is 90.9 Å². The molecule has 0 N–H and O–H groups in total. The summed E-state index contributed by atoms with van der Waals surface area (Å²) in [7, 11) is 0. The summed E-state index contributed by atoms with van der Waals surface area (Å²) in [5.41, 5.74) is -1.95. The van der Waals surface area contributed by atoms with E-state index in [-0.39, 0.29) is 31.5 Å². The minimum Gasteiger partial charge on any atom is -0.457 e. The van der Waals surface area contributed by atoms with Gasteiger partial charge >= 0.3 is 24.1 Å². The number of carbonyl (C=O) groups is 4. The molecule has 3 aliphatic rings. The van der Waals surface area contributed by atoms with Crippen LogP contribution in [0, 0.1) is 23.7 Å². The predicted octanol–water partition coefficient (Wildman–Crippen LogP) is 6.77. The number of esters is 2. The molecule has 2 saturated heterocycles. The van der Waals surface area contributed by atoms with E-state index in [1.54, 1.807) is 25.7 Å². The van der Waals surface area contributed by atoms with Crippen LogP contribution in [0.4, 0.5) is 15.4 Å². The lowest BCUT2D eigenvalue weighted by Gasteiger charge is -2.35. The highest BCUT2D eigenvalue weighted by atomic mass is 16.6. The Balaban J connectivity index is 1.44. The number of pyridine rings is 1. The van der Waals surface area contributed by atoms with Crippen LogP contribution in [-0.4, -0.2) is 70.0 Å². The Morgan fingerprint density at radius 2 is 1.61 bits per heavy atom. The van der Waals surface area contributed by atoms with Gasteiger partial charge in [0.1, 0.15) is 23.1 Å². The molecule has 3 fully saturated rings. The highest BCUT2D eigenvalue weighted by Gasteiger charge is 2.76. The van der Waals surface area contributed by atoms with Gasteiger partial charge in [-0.2, -0.15) is 0 Å². The molecule has 2 bridgehead atoms. The molecular weight excluding hydrogens is 626 g/mol. The van der Waals surface area contributed by atoms with Gasteiger partial charge in [0.15, 0.2) is 0 Å². The van der Waals surface area contributed by atoms with E-state index < -0.39 is 51.9 Å². The van der Waals surface area contributed by atoms with Crippen molar-refractivity contribution in [2.75, 3.05) is 18.0 Å². The van der Waals surface area contributed by atoms with Gasteiger partial charge in [-0.25, -0.2) is 19.4 Å². The van der Waals surface area contributed by atoms with Crippen molar-refractivity contribution in [2.45, 2.75) is 118 Å². The first-order valence-electron chi connectivity index (χ1n) is 17.1. The van der Waals surface area contributed by atoms with Crippen molar-refractivity contribution < 1.29 is 38.1 Å². The fraction of sp³-hybridized carbons (Fsp3) is 0.605. The molecule has 2 amide bonds. The number of benzene rings is 1. The normalized spacial score (nSPS) is 25.9. The van der Waals surface area contributed by atoms with Gasteiger partial charge in [0, 0.05) is 23.6 Å². The van der Waals surface area contributed by atoms with Crippen molar-refractivity contribution in [3.05, 3.63) is 59.3 Å². The van der Waals surface area contributed by atoms with Crippen molar-refractivity contribution in [2.24, 2.45) is 16.7 Å². The molecule has 2 aliphatic heterocycles. The lowest BCUT2D eigenvalue weighted by Crippen LogP contribution is -2.50. The maximum absolute atomic E-state index is 14.0. The summed E-state index contributed by atoms with van der Waals surface area (Å²) in [6.45, 7) is 19.0. The lowest BCUT2D eigenvalue weighted by atomic mass is 9.66. The molecule has 49 heavy (non-hydrogen) atoms. The molecule has 5 rings (SSSR count). The summed E-state index contributed by atoms with van der Waals surface area (Å²) in [5.74, 6) is -0.912. The first kappa shape index (κ1) is 36.1. The van der Waals surface area contributed by atoms with Crippen molar-refractivity contribution in [3.8, 4) is 0 Å². The fourth-order valence-corrected chi connectivity index (χ4v) is 7.13. The summed E-state index contributed by atoms with van der Waals surface area (Å²) < 4.78 is 23.5. The molecule has 1 saturated carbocycles. The smallest absolute Gasteiger partial charge is 0.416 e. The molecular formula is C38H51N3O8. The van der Waals surface area contributed by atoms with E-state index in [4.69, 9.17) is 23.9 Å². The van der Waals surface area contributed by atoms with E-state index in [1.165, 1.54) is 4.90 Å². The van der Waals surface area contributed by atoms with Gasteiger partial charge in [-0.3, -0.25) is 9.69 Å². The number of fused-ring (bicyclic) bond motifs is 2. The van der Waals surface area contributed by atoms with Crippen molar-refractivity contribution in [1.82, 2.24) is 9.88 Å². The molecule has 1 aliphatic carbocycles. The van der Waals surface area contributed by atoms with Crippen molar-refractivity contribution in [1.29, 1.82) is 0 Å². The van der Waals surface area contributed by atoms with Crippen molar-refractivity contribution in [3.63, 3.8) is 0 Å². The Morgan fingerprint density at radius 3 is 2.18 bits per heavy atom. The fourth-order valence-electron chi connectivity index (χ4n) is 7.13. The third-order valence-corrected chi connectivity index (χ3v) is 10.3. The van der Waals surface area contributed by atoms with Crippen LogP contribution in [0.5, 0.6) is 0 Å². The van der Waals surface area contributed by atoms with Crippen LogP contribution in [0.2, 0.25) is 0 Å². The van der Waals surface area contributed by atoms with Gasteiger partial charge in [0.2, 0.25) is 5.60 Å². The second-order valence-corrected chi connectivity index (χ2v) is 16.5. The molecule has 266 valence electrons. The zero-order valence-electron chi connectivity index (χ0n) is 30.5. The van der Waals surface area contributed by atoms with Gasteiger partial charge in [-0.1, -0.05) is 44.2 Å². The zero-order chi connectivity index (χ0) is 36.2. The molecule has 11 nitrogen and oxygen atoms in total. The second-order valence-electron chi connectivity index (χ2n) is 16.5. The van der Waals surface area contributed by atoms with Crippen LogP contribution in [0.25, 0.3) is 0 Å². The molecule has 4 atom stereocenters. The number of hydrogen-bond donors (Lipinski definition) is 0. The van der Waals surface area contributed by atoms with E-state index in [9.17, 15) is 19.2 Å². The molecule has 11 heteroatoms. The largest absolute Gasteiger partial charge is 0.457 e. The molecule has 3 heterocycles. The summed E-state index contributed by atoms with van der Waals surface area (Å²) in [6, 6.07) is 13.4. The summed E-state index contributed by atoms with van der Waals surface area (Å²) >= 11 is 0. The number of hydrogen-bond acceptors (Lipinski definition) is 9. The number of amides is 2. The van der Waals surface area contributed by atoms with Crippen LogP contribution < -0.4 is 4.90 Å². The number of anilines is 1. The summed E-state index contributed by atoms with van der Waals surface area (Å²) in [4.78, 5) is 61.7. The highest BCUT2D eigenvalue weighted by molar-refractivity contribution is 5.93. The first-order valence-corrected chi connectivity index (χ1v) is 17.1. The maximum atomic E-state index is 14.0. The Morgan fingerprint density at radius 1 is 0.959 bits per heavy atom. The van der Waals surface area contributed by atoms with Crippen LogP contribution >= 0.6 is 0 Å². The third kappa shape index (κ3) is 7.12. The average molecular weight is 678 g/mol. The number of likely N-dealkylation sites (tertiary alicyclic amines) is 1. The first-order chi connectivity index (χ1) is 22.6. The Hall–Kier alpha value is -4.15. The molecule has 1 aromatic heterocycles. The van der Waals surface area contributed by atoms with Crippen LogP contribution in [0.3, 0.4) is 0 Å². The number of carbonyl (C=O) groups excluding carboxylic acids is 4. The minimum absolute atomic E-state index is 0.115. The van der Waals surface area contributed by atoms with Gasteiger partial charge in [-0.05, 0) is 97.9 Å². The quantitative estimate of drug-likeness (QED) is 0.231. The zero-order valence-corrected chi connectivity index (χ0v) is 30.5. The minimum atomic E-state index is -1.40. The summed E-state index contributed by atoms with van der Waals surface area (Å²) in [6.07, 6.45) is -0.507. The van der Waals surface area contributed by atoms with Crippen LogP contribution in [0.15, 0.2) is 42.5 Å². The Labute approximate surface area is 289 Å². The Bertz CT molecular complexity index is 1610. The van der Waals surface area contributed by atoms with Gasteiger partial charge in [-0.15, -0.1) is 0 Å². The Kier molecular flexibility index (Phi) is 9.31. The number of aryl methyl sites for hydroxylation is 1. The molecule has 2 unspecified atom stereocenters. The van der Waals surface area contributed by atoms with E-state index >= 15 is 0 Å². The van der Waals surface area contributed by atoms with Crippen molar-refractivity contribution >= 4 is 29.9 Å². The topological polar surface area (TPSA) is 125 Å². The van der Waals surface area contributed by atoms with Crippen LogP contribution in [-0.2, 0) is 41.5 Å². The number of rotatable bonds is 7. The second kappa shape index (κ2) is 12.6. The molecule has 0 spiro atoms. The number of ether oxygens (including phenoxy) is 4. The standard InChI is InChI=1S/C38H51N3O8/c1-24-18-27(39-29(19-24)41(33(45)49-35(5,6)7)21-25-14-12-11-13-15-25)20-26-22-40(32(44)48-34(2,3)4)23-28(26)46-31(43)38-17-16-37(10,30(42)47-38)36(38,8)9/h11-15,18-19,26,28H,16-17,20-23H2,1-10H3/t26?,28?,37-,38-/m0/s1. The lowest BCUT2D eigenvalue weighted by molar-refractivity contribution is -0.188. The van der Waals surface area contributed by atoms with E-state index in [0.717, 1.165) is 11.1 Å². The SMILES string of the molecule is Cc1cc(CC2CN(C(=O)OC(C)(C)C)CC2OC(=O)[C@]23CC[C@@](C)(C(=O)O2)C3(C)C)nc(N(Cc2ccccc2)C(=O)OC(C)(C)C)c1. The van der Waals surface area contributed by atoms with Crippen LogP contribution in [0.1, 0.15) is 92.0 Å². The van der Waals surface area contributed by atoms with Gasteiger partial charge in [0.05, 0.1) is 18.5 Å². The number of aromatic nitrogens is 1. The highest BCUT2D eigenvalue weighted by Crippen LogP contribution is 2.66. The molecule has 2 aromatic rings. The van der Waals surface area contributed by atoms with Gasteiger partial charge < -0.3 is 23.8 Å². The average Bonchev–Trinajstić information content (AvgIpc) is 3.51. The monoisotopic (exact) mass is 677 g/mol. The van der Waals surface area contributed by atoms with Gasteiger partial charge in [0.25, 0.3) is 0 Å². The third-order valence-electron chi connectivity index (χ3n) is 10.3. The molecule has 0 radical (unpaired) electrons. The maximum Gasteiger partial charge on any atom is 0.416 e. The summed E-state index contributed by atoms with van der Waals surface area (Å²) in [5, 5.41) is 0. The van der Waals surface area contributed by atoms with E-state index in [0.29, 0.717) is 30.8 Å².